The van der Waals surface area contributed by atoms with Crippen molar-refractivity contribution in [3.8, 4) is 0 Å². The third kappa shape index (κ3) is 7.45. The molecule has 0 saturated heterocycles. The Labute approximate surface area is 152 Å². The van der Waals surface area contributed by atoms with Gasteiger partial charge in [-0.25, -0.2) is 4.79 Å². The Morgan fingerprint density at radius 2 is 1.60 bits per heavy atom. The van der Waals surface area contributed by atoms with E-state index in [1.807, 2.05) is 18.2 Å². The molecule has 0 bridgehead atoms. The van der Waals surface area contributed by atoms with Gasteiger partial charge in [0.1, 0.15) is 0 Å². The zero-order chi connectivity index (χ0) is 19.0. The first-order chi connectivity index (χ1) is 11.7. The Morgan fingerprint density at radius 3 is 2.08 bits per heavy atom. The van der Waals surface area contributed by atoms with Crippen molar-refractivity contribution in [2.75, 3.05) is 25.1 Å². The van der Waals surface area contributed by atoms with Gasteiger partial charge >= 0.3 is 6.03 Å². The molecule has 0 fully saturated rings. The summed E-state index contributed by atoms with van der Waals surface area (Å²) in [6.07, 6.45) is -0.714. The quantitative estimate of drug-likeness (QED) is 0.628. The fraction of sp³-hybridized carbons (Fsp3) is 0.650. The van der Waals surface area contributed by atoms with E-state index in [1.54, 1.807) is 0 Å². The number of carbonyl (C=O) groups is 1. The first-order valence-electron chi connectivity index (χ1n) is 9.15. The Morgan fingerprint density at radius 1 is 1.04 bits per heavy atom. The number of ether oxygens (including phenoxy) is 1. The molecule has 25 heavy (non-hydrogen) atoms. The van der Waals surface area contributed by atoms with Gasteiger partial charge in [-0.3, -0.25) is 0 Å². The van der Waals surface area contributed by atoms with Crippen LogP contribution in [0.5, 0.6) is 0 Å². The molecule has 5 heteroatoms. The molecule has 0 heterocycles. The van der Waals surface area contributed by atoms with Crippen LogP contribution in [0.2, 0.25) is 0 Å². The van der Waals surface area contributed by atoms with Crippen LogP contribution < -0.4 is 10.6 Å². The van der Waals surface area contributed by atoms with Gasteiger partial charge in [-0.15, -0.1) is 0 Å². The van der Waals surface area contributed by atoms with Crippen LogP contribution >= 0.6 is 0 Å². The van der Waals surface area contributed by atoms with E-state index in [4.69, 9.17) is 4.74 Å². The van der Waals surface area contributed by atoms with Gasteiger partial charge in [-0.1, -0.05) is 59.7 Å². The molecule has 0 saturated carbocycles. The van der Waals surface area contributed by atoms with Gasteiger partial charge in [0.05, 0.1) is 12.7 Å². The molecule has 0 aliphatic heterocycles. The van der Waals surface area contributed by atoms with E-state index >= 15 is 0 Å². The van der Waals surface area contributed by atoms with Crippen LogP contribution in [-0.4, -0.2) is 37.0 Å². The highest BCUT2D eigenvalue weighted by Crippen LogP contribution is 2.32. The van der Waals surface area contributed by atoms with Crippen LogP contribution in [0, 0.1) is 5.92 Å². The van der Waals surface area contributed by atoms with E-state index < -0.39 is 6.10 Å². The number of benzene rings is 1. The second-order valence-corrected chi connectivity index (χ2v) is 7.54. The summed E-state index contributed by atoms with van der Waals surface area (Å²) in [5.74, 6) is 1.04. The molecule has 1 rings (SSSR count). The Kier molecular flexibility index (Phi) is 8.93. The molecular formula is C20H34N2O3. The standard InChI is InChI=1S/C20H34N2O3/c1-13(2)11-25-12-16(23)10-21-20(24)22-19-17(14(3)4)8-7-9-18(19)15(5)6/h7-9,13-16,23H,10-12H2,1-6H3,(H2,21,22,24). The predicted octanol–water partition coefficient (Wildman–Crippen LogP) is 4.09. The number of nitrogens with one attached hydrogen (secondary N) is 2. The molecule has 0 aromatic heterocycles. The molecule has 1 aromatic rings. The summed E-state index contributed by atoms with van der Waals surface area (Å²) in [5.41, 5.74) is 3.10. The normalized spacial score (nSPS) is 12.7. The average Bonchev–Trinajstić information content (AvgIpc) is 2.52. The summed E-state index contributed by atoms with van der Waals surface area (Å²) >= 11 is 0. The number of hydrogen-bond acceptors (Lipinski definition) is 3. The maximum absolute atomic E-state index is 12.3. The van der Waals surface area contributed by atoms with Gasteiger partial charge in [0, 0.05) is 18.8 Å². The lowest BCUT2D eigenvalue weighted by Crippen LogP contribution is -2.37. The van der Waals surface area contributed by atoms with Crippen LogP contribution in [0.4, 0.5) is 10.5 Å². The number of aliphatic hydroxyl groups is 1. The second kappa shape index (κ2) is 10.4. The third-order valence-electron chi connectivity index (χ3n) is 3.87. The number of urea groups is 1. The summed E-state index contributed by atoms with van der Waals surface area (Å²) in [6.45, 7) is 13.5. The highest BCUT2D eigenvalue weighted by atomic mass is 16.5. The molecule has 0 radical (unpaired) electrons. The first-order valence-corrected chi connectivity index (χ1v) is 9.15. The SMILES string of the molecule is CC(C)COCC(O)CNC(=O)Nc1c(C(C)C)cccc1C(C)C. The Bertz CT molecular complexity index is 515. The number of carbonyl (C=O) groups excluding carboxylic acids is 1. The van der Waals surface area contributed by atoms with Crippen LogP contribution in [0.15, 0.2) is 18.2 Å². The molecule has 0 aliphatic carbocycles. The van der Waals surface area contributed by atoms with Gasteiger partial charge in [-0.05, 0) is 28.9 Å². The smallest absolute Gasteiger partial charge is 0.319 e. The highest BCUT2D eigenvalue weighted by molar-refractivity contribution is 5.91. The number of hydrogen-bond donors (Lipinski definition) is 3. The largest absolute Gasteiger partial charge is 0.389 e. The Balaban J connectivity index is 2.65. The van der Waals surface area contributed by atoms with Gasteiger partial charge in [0.15, 0.2) is 0 Å². The zero-order valence-electron chi connectivity index (χ0n) is 16.4. The summed E-state index contributed by atoms with van der Waals surface area (Å²) in [4.78, 5) is 12.3. The predicted molar refractivity (Wildman–Crippen MR) is 103 cm³/mol. The van der Waals surface area contributed by atoms with Gasteiger partial charge < -0.3 is 20.5 Å². The number of amides is 2. The molecule has 1 atom stereocenters. The van der Waals surface area contributed by atoms with E-state index in [9.17, 15) is 9.90 Å². The molecule has 1 unspecified atom stereocenters. The molecule has 142 valence electrons. The van der Waals surface area contributed by atoms with Gasteiger partial charge in [0.25, 0.3) is 0 Å². The number of anilines is 1. The van der Waals surface area contributed by atoms with Gasteiger partial charge in [-0.2, -0.15) is 0 Å². The van der Waals surface area contributed by atoms with E-state index in [1.165, 1.54) is 0 Å². The van der Waals surface area contributed by atoms with Crippen molar-refractivity contribution in [3.63, 3.8) is 0 Å². The number of para-hydroxylation sites is 1. The first kappa shape index (κ1) is 21.5. The number of rotatable bonds is 9. The van der Waals surface area contributed by atoms with Crippen LogP contribution in [0.3, 0.4) is 0 Å². The Hall–Kier alpha value is -1.59. The lowest BCUT2D eigenvalue weighted by molar-refractivity contribution is 0.0274. The molecule has 2 amide bonds. The van der Waals surface area contributed by atoms with Crippen molar-refractivity contribution in [1.82, 2.24) is 5.32 Å². The lowest BCUT2D eigenvalue weighted by Gasteiger charge is -2.21. The minimum Gasteiger partial charge on any atom is -0.389 e. The van der Waals surface area contributed by atoms with Crippen LogP contribution in [-0.2, 0) is 4.74 Å². The van der Waals surface area contributed by atoms with Crippen molar-refractivity contribution in [1.29, 1.82) is 0 Å². The fourth-order valence-corrected chi connectivity index (χ4v) is 2.56. The van der Waals surface area contributed by atoms with E-state index in [0.717, 1.165) is 16.8 Å². The zero-order valence-corrected chi connectivity index (χ0v) is 16.4. The number of aliphatic hydroxyl groups excluding tert-OH is 1. The monoisotopic (exact) mass is 350 g/mol. The second-order valence-electron chi connectivity index (χ2n) is 7.54. The maximum atomic E-state index is 12.3. The topological polar surface area (TPSA) is 70.6 Å². The third-order valence-corrected chi connectivity index (χ3v) is 3.87. The lowest BCUT2D eigenvalue weighted by atomic mass is 9.93. The van der Waals surface area contributed by atoms with Gasteiger partial charge in [0.2, 0.25) is 0 Å². The van der Waals surface area contributed by atoms with Crippen molar-refractivity contribution < 1.29 is 14.6 Å². The fourth-order valence-electron chi connectivity index (χ4n) is 2.56. The summed E-state index contributed by atoms with van der Waals surface area (Å²) in [6, 6.07) is 5.81. The van der Waals surface area contributed by atoms with Crippen molar-refractivity contribution in [2.24, 2.45) is 5.92 Å². The summed E-state index contributed by atoms with van der Waals surface area (Å²) < 4.78 is 5.39. The van der Waals surface area contributed by atoms with E-state index in [0.29, 0.717) is 24.4 Å². The minimum atomic E-state index is -0.714. The molecule has 3 N–H and O–H groups in total. The molecule has 0 spiro atoms. The highest BCUT2D eigenvalue weighted by Gasteiger charge is 2.16. The molecule has 5 nitrogen and oxygen atoms in total. The summed E-state index contributed by atoms with van der Waals surface area (Å²) in [7, 11) is 0. The minimum absolute atomic E-state index is 0.158. The van der Waals surface area contributed by atoms with Crippen molar-refractivity contribution in [2.45, 2.75) is 59.5 Å². The van der Waals surface area contributed by atoms with Crippen LogP contribution in [0.25, 0.3) is 0 Å². The van der Waals surface area contributed by atoms with Crippen molar-refractivity contribution in [3.05, 3.63) is 29.3 Å². The van der Waals surface area contributed by atoms with Crippen molar-refractivity contribution >= 4 is 11.7 Å². The molecule has 0 aliphatic rings. The maximum Gasteiger partial charge on any atom is 0.319 e. The van der Waals surface area contributed by atoms with E-state index in [2.05, 4.69) is 52.2 Å². The average molecular weight is 351 g/mol. The van der Waals surface area contributed by atoms with Crippen LogP contribution in [0.1, 0.15) is 64.5 Å². The summed E-state index contributed by atoms with van der Waals surface area (Å²) in [5, 5.41) is 15.6. The molecule has 1 aromatic carbocycles. The van der Waals surface area contributed by atoms with E-state index in [-0.39, 0.29) is 19.2 Å². The molecular weight excluding hydrogens is 316 g/mol.